The third-order valence-electron chi connectivity index (χ3n) is 1.46. The van der Waals surface area contributed by atoms with Crippen molar-refractivity contribution in [3.8, 4) is 5.75 Å². The van der Waals surface area contributed by atoms with Crippen LogP contribution in [0.1, 0.15) is 6.92 Å². The van der Waals surface area contributed by atoms with Crippen LogP contribution in [0.3, 0.4) is 0 Å². The summed E-state index contributed by atoms with van der Waals surface area (Å²) in [5, 5.41) is 0. The number of para-hydroxylation sites is 1. The molecule has 0 bridgehead atoms. The molecule has 1 rings (SSSR count). The van der Waals surface area contributed by atoms with Crippen molar-refractivity contribution in [2.75, 3.05) is 0 Å². The fraction of sp³-hybridized carbons (Fsp3) is 0.222. The summed E-state index contributed by atoms with van der Waals surface area (Å²) in [4.78, 5) is 10.6. The van der Waals surface area contributed by atoms with E-state index in [9.17, 15) is 4.79 Å². The first kappa shape index (κ1) is 8.59. The zero-order valence-corrected chi connectivity index (χ0v) is 6.86. The fourth-order valence-corrected chi connectivity index (χ4v) is 0.761. The summed E-state index contributed by atoms with van der Waals surface area (Å²) in [6, 6.07) is 9.10. The van der Waals surface area contributed by atoms with Crippen molar-refractivity contribution in [1.82, 2.24) is 0 Å². The molecule has 0 aliphatic rings. The van der Waals surface area contributed by atoms with Crippen LogP contribution in [0, 0.1) is 0 Å². The summed E-state index contributed by atoms with van der Waals surface area (Å²) in [5.41, 5.74) is 5.02. The lowest BCUT2D eigenvalue weighted by Crippen LogP contribution is -2.30. The highest BCUT2D eigenvalue weighted by atomic mass is 16.5. The first-order valence-electron chi connectivity index (χ1n) is 3.71. The third kappa shape index (κ3) is 2.27. The normalized spacial score (nSPS) is 12.1. The van der Waals surface area contributed by atoms with E-state index in [0.29, 0.717) is 5.75 Å². The van der Waals surface area contributed by atoms with E-state index in [2.05, 4.69) is 0 Å². The van der Waals surface area contributed by atoms with Gasteiger partial charge >= 0.3 is 0 Å². The van der Waals surface area contributed by atoms with E-state index in [-0.39, 0.29) is 0 Å². The molecule has 0 aromatic heterocycles. The quantitative estimate of drug-likeness (QED) is 0.724. The molecule has 0 fully saturated rings. The molecule has 1 aromatic rings. The summed E-state index contributed by atoms with van der Waals surface area (Å²) in [5.74, 6) is 0.197. The Hall–Kier alpha value is -1.51. The van der Waals surface area contributed by atoms with Crippen LogP contribution in [0.15, 0.2) is 30.3 Å². The first-order chi connectivity index (χ1) is 5.70. The number of benzene rings is 1. The van der Waals surface area contributed by atoms with Gasteiger partial charge in [-0.2, -0.15) is 0 Å². The van der Waals surface area contributed by atoms with Gasteiger partial charge in [-0.15, -0.1) is 0 Å². The minimum absolute atomic E-state index is 0.459. The summed E-state index contributed by atoms with van der Waals surface area (Å²) < 4.78 is 5.20. The SMILES string of the molecule is C[C@@H](Oc1ccccc1)C(N)=O. The molecule has 3 nitrogen and oxygen atoms in total. The molecule has 0 spiro atoms. The number of carbonyl (C=O) groups is 1. The Balaban J connectivity index is 2.58. The monoisotopic (exact) mass is 165 g/mol. The molecule has 0 heterocycles. The molecular weight excluding hydrogens is 154 g/mol. The summed E-state index contributed by atoms with van der Waals surface area (Å²) in [6.07, 6.45) is -0.576. The van der Waals surface area contributed by atoms with Crippen LogP contribution < -0.4 is 10.5 Å². The lowest BCUT2D eigenvalue weighted by molar-refractivity contribution is -0.123. The number of hydrogen-bond donors (Lipinski definition) is 1. The van der Waals surface area contributed by atoms with E-state index in [1.807, 2.05) is 18.2 Å². The molecular formula is C9H11NO2. The van der Waals surface area contributed by atoms with Gasteiger partial charge in [0.25, 0.3) is 5.91 Å². The van der Waals surface area contributed by atoms with Gasteiger partial charge < -0.3 is 10.5 Å². The Morgan fingerprint density at radius 2 is 2.00 bits per heavy atom. The second-order valence-corrected chi connectivity index (χ2v) is 2.48. The van der Waals surface area contributed by atoms with Crippen molar-refractivity contribution in [3.63, 3.8) is 0 Å². The lowest BCUT2D eigenvalue weighted by atomic mass is 10.3. The molecule has 64 valence electrons. The standard InChI is InChI=1S/C9H11NO2/c1-7(9(10)11)12-8-5-3-2-4-6-8/h2-7H,1H3,(H2,10,11)/t7-/m1/s1. The molecule has 1 atom stereocenters. The van der Waals surface area contributed by atoms with E-state index in [1.165, 1.54) is 0 Å². The van der Waals surface area contributed by atoms with Crippen LogP contribution in [0.4, 0.5) is 0 Å². The molecule has 0 unspecified atom stereocenters. The maximum atomic E-state index is 10.6. The zero-order chi connectivity index (χ0) is 8.97. The highest BCUT2D eigenvalue weighted by Crippen LogP contribution is 2.10. The van der Waals surface area contributed by atoms with Gasteiger partial charge in [0.15, 0.2) is 6.10 Å². The Kier molecular flexibility index (Phi) is 2.69. The Labute approximate surface area is 71.1 Å². The van der Waals surface area contributed by atoms with Gasteiger partial charge in [0.1, 0.15) is 5.75 Å². The molecule has 1 amide bonds. The zero-order valence-electron chi connectivity index (χ0n) is 6.86. The molecule has 3 heteroatoms. The van der Waals surface area contributed by atoms with Crippen LogP contribution in [-0.4, -0.2) is 12.0 Å². The maximum Gasteiger partial charge on any atom is 0.258 e. The Morgan fingerprint density at radius 3 is 2.50 bits per heavy atom. The van der Waals surface area contributed by atoms with Crippen LogP contribution in [-0.2, 0) is 4.79 Å². The number of ether oxygens (including phenoxy) is 1. The number of hydrogen-bond acceptors (Lipinski definition) is 2. The average Bonchev–Trinajstić information content (AvgIpc) is 2.06. The van der Waals surface area contributed by atoms with Gasteiger partial charge in [0.05, 0.1) is 0 Å². The van der Waals surface area contributed by atoms with Crippen LogP contribution in [0.2, 0.25) is 0 Å². The molecule has 2 N–H and O–H groups in total. The van der Waals surface area contributed by atoms with Gasteiger partial charge in [-0.3, -0.25) is 4.79 Å². The number of rotatable bonds is 3. The van der Waals surface area contributed by atoms with E-state index < -0.39 is 12.0 Å². The van der Waals surface area contributed by atoms with Crippen molar-refractivity contribution in [2.45, 2.75) is 13.0 Å². The second kappa shape index (κ2) is 3.76. The highest BCUT2D eigenvalue weighted by molar-refractivity contribution is 5.78. The predicted molar refractivity (Wildman–Crippen MR) is 45.7 cm³/mol. The first-order valence-corrected chi connectivity index (χ1v) is 3.71. The van der Waals surface area contributed by atoms with Crippen LogP contribution >= 0.6 is 0 Å². The van der Waals surface area contributed by atoms with E-state index in [1.54, 1.807) is 19.1 Å². The van der Waals surface area contributed by atoms with E-state index >= 15 is 0 Å². The average molecular weight is 165 g/mol. The summed E-state index contributed by atoms with van der Waals surface area (Å²) >= 11 is 0. The van der Waals surface area contributed by atoms with E-state index in [4.69, 9.17) is 10.5 Å². The van der Waals surface area contributed by atoms with Crippen molar-refractivity contribution in [2.24, 2.45) is 5.73 Å². The lowest BCUT2D eigenvalue weighted by Gasteiger charge is -2.10. The largest absolute Gasteiger partial charge is 0.481 e. The van der Waals surface area contributed by atoms with Gasteiger partial charge in [-0.05, 0) is 19.1 Å². The smallest absolute Gasteiger partial charge is 0.258 e. The van der Waals surface area contributed by atoms with Crippen molar-refractivity contribution >= 4 is 5.91 Å². The molecule has 1 aromatic carbocycles. The minimum Gasteiger partial charge on any atom is -0.481 e. The topological polar surface area (TPSA) is 52.3 Å². The minimum atomic E-state index is -0.576. The van der Waals surface area contributed by atoms with Gasteiger partial charge in [0, 0.05) is 0 Å². The van der Waals surface area contributed by atoms with E-state index in [0.717, 1.165) is 0 Å². The Morgan fingerprint density at radius 1 is 1.42 bits per heavy atom. The number of nitrogens with two attached hydrogens (primary N) is 1. The molecule has 0 aliphatic heterocycles. The molecule has 0 saturated heterocycles. The highest BCUT2D eigenvalue weighted by Gasteiger charge is 2.08. The summed E-state index contributed by atoms with van der Waals surface area (Å²) in [6.45, 7) is 1.62. The van der Waals surface area contributed by atoms with Crippen molar-refractivity contribution in [3.05, 3.63) is 30.3 Å². The van der Waals surface area contributed by atoms with Gasteiger partial charge in [-0.1, -0.05) is 18.2 Å². The number of carbonyl (C=O) groups excluding carboxylic acids is 1. The van der Waals surface area contributed by atoms with Crippen LogP contribution in [0.25, 0.3) is 0 Å². The Bertz CT molecular complexity index is 258. The van der Waals surface area contributed by atoms with Crippen molar-refractivity contribution < 1.29 is 9.53 Å². The summed E-state index contributed by atoms with van der Waals surface area (Å²) in [7, 11) is 0. The predicted octanol–water partition coefficient (Wildman–Crippen LogP) is 0.939. The van der Waals surface area contributed by atoms with Crippen molar-refractivity contribution in [1.29, 1.82) is 0 Å². The van der Waals surface area contributed by atoms with Gasteiger partial charge in [0.2, 0.25) is 0 Å². The number of primary amides is 1. The van der Waals surface area contributed by atoms with Gasteiger partial charge in [-0.25, -0.2) is 0 Å². The molecule has 12 heavy (non-hydrogen) atoms. The second-order valence-electron chi connectivity index (χ2n) is 2.48. The molecule has 0 aliphatic carbocycles. The maximum absolute atomic E-state index is 10.6. The van der Waals surface area contributed by atoms with Crippen LogP contribution in [0.5, 0.6) is 5.75 Å². The molecule has 0 radical (unpaired) electrons. The molecule has 0 saturated carbocycles. The third-order valence-corrected chi connectivity index (χ3v) is 1.46. The number of amides is 1. The fourth-order valence-electron chi connectivity index (χ4n) is 0.761.